The molecule has 2 fully saturated rings. The van der Waals surface area contributed by atoms with Crippen molar-refractivity contribution in [3.8, 4) is 0 Å². The Balaban J connectivity index is 1.75. The van der Waals surface area contributed by atoms with E-state index >= 15 is 0 Å². The van der Waals surface area contributed by atoms with Gasteiger partial charge in [-0.05, 0) is 25.2 Å². The second-order valence-electron chi connectivity index (χ2n) is 6.56. The lowest BCUT2D eigenvalue weighted by atomic mass is 9.80. The second kappa shape index (κ2) is 8.32. The Bertz CT molecular complexity index is 267. The van der Waals surface area contributed by atoms with Crippen LogP contribution < -0.4 is 11.3 Å². The van der Waals surface area contributed by atoms with Crippen molar-refractivity contribution in [2.45, 2.75) is 76.4 Å². The van der Waals surface area contributed by atoms with Crippen LogP contribution in [-0.2, 0) is 9.47 Å². The van der Waals surface area contributed by atoms with E-state index in [0.29, 0.717) is 12.0 Å². The van der Waals surface area contributed by atoms with Crippen molar-refractivity contribution >= 4 is 0 Å². The fraction of sp³-hybridized carbons (Fsp3) is 1.00. The number of ether oxygens (including phenoxy) is 2. The van der Waals surface area contributed by atoms with Gasteiger partial charge in [0.05, 0.1) is 12.2 Å². The van der Waals surface area contributed by atoms with Crippen LogP contribution in [0.5, 0.6) is 0 Å². The van der Waals surface area contributed by atoms with Crippen LogP contribution >= 0.6 is 0 Å². The first-order valence-corrected chi connectivity index (χ1v) is 8.47. The van der Waals surface area contributed by atoms with Gasteiger partial charge in [0, 0.05) is 25.7 Å². The number of unbranched alkanes of at least 4 members (excludes halogenated alkanes) is 4. The number of hydrogen-bond donors (Lipinski definition) is 2. The van der Waals surface area contributed by atoms with Crippen molar-refractivity contribution < 1.29 is 9.47 Å². The number of rotatable bonds is 8. The van der Waals surface area contributed by atoms with Crippen molar-refractivity contribution in [2.24, 2.45) is 11.8 Å². The Morgan fingerprint density at radius 1 is 1.25 bits per heavy atom. The smallest absolute Gasteiger partial charge is 0.0939 e. The Morgan fingerprint density at radius 3 is 2.80 bits per heavy atom. The van der Waals surface area contributed by atoms with E-state index in [1.54, 1.807) is 0 Å². The minimum absolute atomic E-state index is 0.000225. The van der Waals surface area contributed by atoms with E-state index in [0.717, 1.165) is 39.1 Å². The van der Waals surface area contributed by atoms with Gasteiger partial charge in [-0.1, -0.05) is 39.0 Å². The van der Waals surface area contributed by atoms with E-state index in [1.807, 2.05) is 0 Å². The summed E-state index contributed by atoms with van der Waals surface area (Å²) >= 11 is 0. The molecule has 0 amide bonds. The number of hydrazine groups is 1. The van der Waals surface area contributed by atoms with Gasteiger partial charge in [-0.3, -0.25) is 11.3 Å². The third-order valence-electron chi connectivity index (χ3n) is 5.00. The highest BCUT2D eigenvalue weighted by atomic mass is 16.6. The SMILES string of the molecule is CCCCCCCC(NN)C1CCOC2(CCOC2)C1. The van der Waals surface area contributed by atoms with E-state index in [9.17, 15) is 0 Å². The Hall–Kier alpha value is -0.160. The zero-order valence-corrected chi connectivity index (χ0v) is 13.0. The van der Waals surface area contributed by atoms with Crippen LogP contribution in [0.1, 0.15) is 64.7 Å². The highest BCUT2D eigenvalue weighted by Gasteiger charge is 2.42. The molecule has 0 aliphatic carbocycles. The van der Waals surface area contributed by atoms with E-state index < -0.39 is 0 Å². The summed E-state index contributed by atoms with van der Waals surface area (Å²) < 4.78 is 11.6. The third kappa shape index (κ3) is 4.42. The summed E-state index contributed by atoms with van der Waals surface area (Å²) in [4.78, 5) is 0. The molecule has 2 heterocycles. The highest BCUT2D eigenvalue weighted by Crippen LogP contribution is 2.37. The molecule has 20 heavy (non-hydrogen) atoms. The average Bonchev–Trinajstić information content (AvgIpc) is 2.91. The summed E-state index contributed by atoms with van der Waals surface area (Å²) in [6, 6.07) is 0.443. The van der Waals surface area contributed by atoms with Gasteiger partial charge in [0.25, 0.3) is 0 Å². The molecule has 2 aliphatic rings. The monoisotopic (exact) mass is 284 g/mol. The van der Waals surface area contributed by atoms with Crippen molar-refractivity contribution in [2.75, 3.05) is 19.8 Å². The zero-order valence-electron chi connectivity index (χ0n) is 13.0. The molecule has 3 atom stereocenters. The van der Waals surface area contributed by atoms with Crippen LogP contribution in [0.25, 0.3) is 0 Å². The first-order valence-electron chi connectivity index (χ1n) is 8.47. The molecule has 2 aliphatic heterocycles. The lowest BCUT2D eigenvalue weighted by Crippen LogP contribution is -2.49. The Morgan fingerprint density at radius 2 is 2.10 bits per heavy atom. The highest BCUT2D eigenvalue weighted by molar-refractivity contribution is 4.93. The van der Waals surface area contributed by atoms with Gasteiger partial charge >= 0.3 is 0 Å². The maximum Gasteiger partial charge on any atom is 0.0939 e. The predicted octanol–water partition coefficient (Wildman–Crippen LogP) is 2.76. The molecule has 3 unspecified atom stereocenters. The van der Waals surface area contributed by atoms with Gasteiger partial charge in [0.1, 0.15) is 0 Å². The number of nitrogens with two attached hydrogens (primary N) is 1. The topological polar surface area (TPSA) is 56.5 Å². The third-order valence-corrected chi connectivity index (χ3v) is 5.00. The summed E-state index contributed by atoms with van der Waals surface area (Å²) in [5, 5.41) is 0. The van der Waals surface area contributed by atoms with Gasteiger partial charge in [-0.25, -0.2) is 0 Å². The minimum Gasteiger partial charge on any atom is -0.378 e. The van der Waals surface area contributed by atoms with Crippen molar-refractivity contribution in [1.82, 2.24) is 5.43 Å². The normalized spacial score (nSPS) is 31.8. The number of nitrogens with one attached hydrogen (secondary N) is 1. The van der Waals surface area contributed by atoms with E-state index in [-0.39, 0.29) is 5.60 Å². The summed E-state index contributed by atoms with van der Waals surface area (Å²) in [6.45, 7) is 4.75. The summed E-state index contributed by atoms with van der Waals surface area (Å²) in [5.74, 6) is 6.45. The molecule has 0 aromatic carbocycles. The summed E-state index contributed by atoms with van der Waals surface area (Å²) in [5.41, 5.74) is 3.07. The minimum atomic E-state index is 0.000225. The summed E-state index contributed by atoms with van der Waals surface area (Å²) in [7, 11) is 0. The van der Waals surface area contributed by atoms with Crippen molar-refractivity contribution in [1.29, 1.82) is 0 Å². The lowest BCUT2D eigenvalue weighted by molar-refractivity contribution is -0.103. The van der Waals surface area contributed by atoms with Crippen LogP contribution in [0.2, 0.25) is 0 Å². The van der Waals surface area contributed by atoms with E-state index in [1.165, 1.54) is 38.5 Å². The first-order chi connectivity index (χ1) is 9.79. The van der Waals surface area contributed by atoms with Crippen LogP contribution in [0.15, 0.2) is 0 Å². The van der Waals surface area contributed by atoms with Gasteiger partial charge < -0.3 is 9.47 Å². The van der Waals surface area contributed by atoms with Gasteiger partial charge in [0.2, 0.25) is 0 Å². The predicted molar refractivity (Wildman–Crippen MR) is 81.3 cm³/mol. The molecule has 2 saturated heterocycles. The van der Waals surface area contributed by atoms with E-state index in [2.05, 4.69) is 12.3 Å². The zero-order chi connectivity index (χ0) is 14.3. The molecule has 4 heteroatoms. The standard InChI is InChI=1S/C16H32N2O2/c1-2-3-4-5-6-7-15(18-17)14-8-10-20-16(12-14)9-11-19-13-16/h14-15,18H,2-13,17H2,1H3. The molecule has 4 nitrogen and oxygen atoms in total. The molecule has 2 rings (SSSR count). The van der Waals surface area contributed by atoms with Crippen LogP contribution in [-0.4, -0.2) is 31.5 Å². The van der Waals surface area contributed by atoms with E-state index in [4.69, 9.17) is 15.3 Å². The van der Waals surface area contributed by atoms with Crippen LogP contribution in [0, 0.1) is 5.92 Å². The molecule has 0 radical (unpaired) electrons. The molecular weight excluding hydrogens is 252 g/mol. The first kappa shape index (κ1) is 16.2. The fourth-order valence-corrected chi connectivity index (χ4v) is 3.70. The van der Waals surface area contributed by atoms with Crippen molar-refractivity contribution in [3.63, 3.8) is 0 Å². The summed E-state index contributed by atoms with van der Waals surface area (Å²) in [6.07, 6.45) is 11.1. The van der Waals surface area contributed by atoms with Crippen LogP contribution in [0.3, 0.4) is 0 Å². The molecule has 0 bridgehead atoms. The van der Waals surface area contributed by atoms with Crippen molar-refractivity contribution in [3.05, 3.63) is 0 Å². The Kier molecular flexibility index (Phi) is 6.75. The van der Waals surface area contributed by atoms with Gasteiger partial charge in [-0.15, -0.1) is 0 Å². The second-order valence-corrected chi connectivity index (χ2v) is 6.56. The lowest BCUT2D eigenvalue weighted by Gasteiger charge is -2.40. The molecule has 0 aromatic rings. The average molecular weight is 284 g/mol. The number of hydrogen-bond acceptors (Lipinski definition) is 4. The quantitative estimate of drug-likeness (QED) is 0.409. The maximum absolute atomic E-state index is 6.02. The van der Waals surface area contributed by atoms with Crippen LogP contribution in [0.4, 0.5) is 0 Å². The Labute approximate surface area is 123 Å². The van der Waals surface area contributed by atoms with Gasteiger partial charge in [-0.2, -0.15) is 0 Å². The molecule has 0 aromatic heterocycles. The maximum atomic E-state index is 6.02. The molecular formula is C16H32N2O2. The van der Waals surface area contributed by atoms with Gasteiger partial charge in [0.15, 0.2) is 0 Å². The molecule has 1 spiro atoms. The molecule has 0 saturated carbocycles. The fourth-order valence-electron chi connectivity index (χ4n) is 3.70. The molecule has 3 N–H and O–H groups in total. The molecule has 118 valence electrons. The largest absolute Gasteiger partial charge is 0.378 e.